The number of carbonyl (C=O) groups is 1. The van der Waals surface area contributed by atoms with Gasteiger partial charge in [-0.05, 0) is 18.2 Å². The first kappa shape index (κ1) is 18.9. The van der Waals surface area contributed by atoms with E-state index in [-0.39, 0.29) is 34.5 Å². The minimum atomic E-state index is 0. The maximum Gasteiger partial charge on any atom is 0.284 e. The maximum absolute atomic E-state index is 12.5. The Balaban J connectivity index is 0.00000208. The van der Waals surface area contributed by atoms with Gasteiger partial charge in [0.05, 0.1) is 19.8 Å². The Morgan fingerprint density at radius 3 is 2.46 bits per heavy atom. The molecule has 0 unspecified atom stereocenters. The molecule has 0 radical (unpaired) electrons. The number of likely N-dealkylation sites (N-methyl/N-ethyl adjacent to an activating group) is 2. The lowest BCUT2D eigenvalue weighted by atomic mass is 9.99. The van der Waals surface area contributed by atoms with Gasteiger partial charge in [-0.2, -0.15) is 4.59 Å². The van der Waals surface area contributed by atoms with Gasteiger partial charge in [-0.25, -0.2) is 0 Å². The van der Waals surface area contributed by atoms with Crippen molar-refractivity contribution >= 4 is 28.9 Å². The maximum atomic E-state index is 12.5. The Morgan fingerprint density at radius 2 is 1.79 bits per heavy atom. The lowest BCUT2D eigenvalue weighted by molar-refractivity contribution is -0.889. The van der Waals surface area contributed by atoms with Crippen molar-refractivity contribution in [3.8, 4) is 0 Å². The van der Waals surface area contributed by atoms with E-state index in [1.54, 1.807) is 18.0 Å². The number of carbonyl (C=O) groups excluding carboxylic acids is 1. The molecule has 0 bridgehead atoms. The van der Waals surface area contributed by atoms with Crippen LogP contribution >= 0.6 is 11.6 Å². The number of fused-ring (bicyclic) bond motifs is 1. The fraction of sp³-hybridized carbons (Fsp3) is 0.222. The molecule has 1 aliphatic rings. The standard InChI is InChI=1S/C18H19ClN3O.HI/c1-21-16-10-9-14(19)11-15(16)18(13-7-5-4-6-8-13)20-22(2,3)12-17(21)23;/h4-11H,12H2,1-3H3;1H/q+1;/p-1/b20-18-;. The van der Waals surface area contributed by atoms with Crippen LogP contribution in [-0.4, -0.2) is 43.9 Å². The number of halogens is 2. The molecule has 1 aliphatic heterocycles. The Hall–Kier alpha value is -1.44. The molecule has 0 fully saturated rings. The van der Waals surface area contributed by atoms with Crippen LogP contribution in [-0.2, 0) is 4.79 Å². The highest BCUT2D eigenvalue weighted by molar-refractivity contribution is 6.31. The molecular formula is C18H19ClIN3O. The Kier molecular flexibility index (Phi) is 5.67. The minimum absolute atomic E-state index is 0. The van der Waals surface area contributed by atoms with Crippen molar-refractivity contribution in [2.45, 2.75) is 0 Å². The van der Waals surface area contributed by atoms with Gasteiger partial charge in [-0.15, -0.1) is 0 Å². The van der Waals surface area contributed by atoms with Crippen molar-refractivity contribution < 1.29 is 33.4 Å². The SMILES string of the molecule is CN1C(=O)C[N+](C)(C)/N=C(/c2ccccc2)c2cc(Cl)ccc21.[I-]. The normalized spacial score (nSPS) is 18.6. The second-order valence-corrected chi connectivity index (χ2v) is 6.64. The van der Waals surface area contributed by atoms with Crippen LogP contribution in [0.4, 0.5) is 5.69 Å². The van der Waals surface area contributed by atoms with Crippen molar-refractivity contribution in [2.75, 3.05) is 32.6 Å². The second-order valence-electron chi connectivity index (χ2n) is 6.21. The lowest BCUT2D eigenvalue weighted by Crippen LogP contribution is -3.00. The van der Waals surface area contributed by atoms with Gasteiger partial charge in [0.2, 0.25) is 0 Å². The first-order chi connectivity index (χ1) is 10.9. The first-order valence-corrected chi connectivity index (χ1v) is 7.80. The number of anilines is 1. The van der Waals surface area contributed by atoms with Crippen LogP contribution in [0.1, 0.15) is 11.1 Å². The molecule has 0 atom stereocenters. The van der Waals surface area contributed by atoms with Crippen LogP contribution in [0.25, 0.3) is 0 Å². The highest BCUT2D eigenvalue weighted by atomic mass is 127. The summed E-state index contributed by atoms with van der Waals surface area (Å²) in [5.41, 5.74) is 3.53. The van der Waals surface area contributed by atoms with Gasteiger partial charge < -0.3 is 28.9 Å². The molecule has 0 aromatic heterocycles. The van der Waals surface area contributed by atoms with Gasteiger partial charge in [0.1, 0.15) is 5.71 Å². The molecule has 0 aliphatic carbocycles. The van der Waals surface area contributed by atoms with Crippen LogP contribution in [0.5, 0.6) is 0 Å². The Morgan fingerprint density at radius 1 is 1.12 bits per heavy atom. The number of benzene rings is 2. The molecule has 1 amide bonds. The van der Waals surface area contributed by atoms with Crippen molar-refractivity contribution in [1.82, 2.24) is 0 Å². The predicted octanol–water partition coefficient (Wildman–Crippen LogP) is 0.149. The van der Waals surface area contributed by atoms with E-state index >= 15 is 0 Å². The van der Waals surface area contributed by atoms with E-state index in [0.717, 1.165) is 22.5 Å². The zero-order chi connectivity index (χ0) is 16.6. The van der Waals surface area contributed by atoms with Gasteiger partial charge in [-0.3, -0.25) is 4.79 Å². The van der Waals surface area contributed by atoms with Crippen LogP contribution < -0.4 is 28.9 Å². The summed E-state index contributed by atoms with van der Waals surface area (Å²) in [7, 11) is 5.64. The number of quaternary nitrogens is 1. The molecule has 0 saturated carbocycles. The number of amides is 1. The summed E-state index contributed by atoms with van der Waals surface area (Å²) in [5, 5.41) is 5.48. The molecule has 2 aromatic rings. The molecule has 0 N–H and O–H groups in total. The molecule has 0 saturated heterocycles. The van der Waals surface area contributed by atoms with Crippen molar-refractivity contribution in [3.05, 3.63) is 64.7 Å². The predicted molar refractivity (Wildman–Crippen MR) is 93.9 cm³/mol. The third kappa shape index (κ3) is 3.79. The van der Waals surface area contributed by atoms with Crippen LogP contribution in [0.15, 0.2) is 53.6 Å². The molecule has 24 heavy (non-hydrogen) atoms. The zero-order valence-corrected chi connectivity index (χ0v) is 16.7. The van der Waals surface area contributed by atoms with Gasteiger partial charge in [0.25, 0.3) is 5.91 Å². The number of nitrogens with zero attached hydrogens (tertiary/aromatic N) is 3. The van der Waals surface area contributed by atoms with Gasteiger partial charge >= 0.3 is 0 Å². The summed E-state index contributed by atoms with van der Waals surface area (Å²) in [4.78, 5) is 14.2. The summed E-state index contributed by atoms with van der Waals surface area (Å²) in [6.07, 6.45) is 0. The lowest BCUT2D eigenvalue weighted by Gasteiger charge is -2.30. The highest BCUT2D eigenvalue weighted by Gasteiger charge is 2.30. The minimum Gasteiger partial charge on any atom is -1.00 e. The third-order valence-corrected chi connectivity index (χ3v) is 4.12. The fourth-order valence-electron chi connectivity index (χ4n) is 2.73. The molecule has 4 nitrogen and oxygen atoms in total. The number of hydrogen-bond acceptors (Lipinski definition) is 2. The summed E-state index contributed by atoms with van der Waals surface area (Å²) in [6.45, 7) is 0.300. The molecule has 0 spiro atoms. The Bertz CT molecular complexity index is 790. The third-order valence-electron chi connectivity index (χ3n) is 3.89. The Labute approximate surface area is 164 Å². The summed E-state index contributed by atoms with van der Waals surface area (Å²) < 4.78 is 0.235. The highest BCUT2D eigenvalue weighted by Crippen LogP contribution is 2.29. The summed E-state index contributed by atoms with van der Waals surface area (Å²) >= 11 is 6.22. The first-order valence-electron chi connectivity index (χ1n) is 7.42. The van der Waals surface area contributed by atoms with Gasteiger partial charge in [0, 0.05) is 23.2 Å². The van der Waals surface area contributed by atoms with E-state index < -0.39 is 0 Å². The van der Waals surface area contributed by atoms with E-state index in [4.69, 9.17) is 16.7 Å². The van der Waals surface area contributed by atoms with E-state index in [2.05, 4.69) is 0 Å². The van der Waals surface area contributed by atoms with Crippen molar-refractivity contribution in [1.29, 1.82) is 0 Å². The number of hydrogen-bond donors (Lipinski definition) is 0. The van der Waals surface area contributed by atoms with Gasteiger partial charge in [0.15, 0.2) is 6.54 Å². The van der Waals surface area contributed by atoms with Crippen molar-refractivity contribution in [3.63, 3.8) is 0 Å². The molecule has 2 aromatic carbocycles. The molecule has 1 heterocycles. The van der Waals surface area contributed by atoms with Crippen LogP contribution in [0.3, 0.4) is 0 Å². The quantitative estimate of drug-likeness (QED) is 0.445. The van der Waals surface area contributed by atoms with Crippen LogP contribution in [0, 0.1) is 0 Å². The van der Waals surface area contributed by atoms with Crippen LogP contribution in [0.2, 0.25) is 5.02 Å². The van der Waals surface area contributed by atoms with E-state index in [0.29, 0.717) is 11.6 Å². The van der Waals surface area contributed by atoms with E-state index in [9.17, 15) is 4.79 Å². The average molecular weight is 456 g/mol. The molecule has 126 valence electrons. The largest absolute Gasteiger partial charge is 1.00 e. The summed E-state index contributed by atoms with van der Waals surface area (Å²) in [6, 6.07) is 15.5. The molecule has 3 rings (SSSR count). The average Bonchev–Trinajstić information content (AvgIpc) is 2.51. The zero-order valence-electron chi connectivity index (χ0n) is 13.8. The second kappa shape index (κ2) is 7.21. The molecule has 6 heteroatoms. The fourth-order valence-corrected chi connectivity index (χ4v) is 2.90. The van der Waals surface area contributed by atoms with E-state index in [1.165, 1.54) is 0 Å². The molecular weight excluding hydrogens is 437 g/mol. The summed E-state index contributed by atoms with van der Waals surface area (Å²) in [5.74, 6) is 0.0226. The van der Waals surface area contributed by atoms with Crippen molar-refractivity contribution in [2.24, 2.45) is 5.10 Å². The number of rotatable bonds is 1. The smallest absolute Gasteiger partial charge is 0.284 e. The topological polar surface area (TPSA) is 32.7 Å². The monoisotopic (exact) mass is 455 g/mol. The van der Waals surface area contributed by atoms with E-state index in [1.807, 2.05) is 56.6 Å². The van der Waals surface area contributed by atoms with Gasteiger partial charge in [-0.1, -0.05) is 47.0 Å².